The average molecular weight is 323 g/mol. The zero-order valence-electron chi connectivity index (χ0n) is 11.4. The average Bonchev–Trinajstić information content (AvgIpc) is 2.40. The highest BCUT2D eigenvalue weighted by molar-refractivity contribution is 8.13. The van der Waals surface area contributed by atoms with Crippen molar-refractivity contribution < 1.29 is 22.6 Å². The van der Waals surface area contributed by atoms with Crippen LogP contribution in [0.5, 0.6) is 11.5 Å². The van der Waals surface area contributed by atoms with Crippen LogP contribution in [0.2, 0.25) is 0 Å². The fourth-order valence-electron chi connectivity index (χ4n) is 1.37. The summed E-state index contributed by atoms with van der Waals surface area (Å²) < 4.78 is 37.5. The van der Waals surface area contributed by atoms with Gasteiger partial charge in [-0.25, -0.2) is 8.42 Å². The summed E-state index contributed by atoms with van der Waals surface area (Å²) in [6.07, 6.45) is 0.921. The lowest BCUT2D eigenvalue weighted by atomic mass is 10.3. The molecule has 0 fully saturated rings. The van der Waals surface area contributed by atoms with E-state index >= 15 is 0 Å². The van der Waals surface area contributed by atoms with E-state index in [1.165, 1.54) is 0 Å². The van der Waals surface area contributed by atoms with Crippen molar-refractivity contribution in [3.05, 3.63) is 24.3 Å². The first-order valence-electron chi connectivity index (χ1n) is 6.37. The Morgan fingerprint density at radius 2 is 1.60 bits per heavy atom. The van der Waals surface area contributed by atoms with Gasteiger partial charge < -0.3 is 14.2 Å². The number of rotatable bonds is 10. The third-order valence-electron chi connectivity index (χ3n) is 2.27. The molecular formula is C13H19ClO5S. The molecule has 0 radical (unpaired) electrons. The Morgan fingerprint density at radius 1 is 1.00 bits per heavy atom. The summed E-state index contributed by atoms with van der Waals surface area (Å²) in [5, 5.41) is 0. The quantitative estimate of drug-likeness (QED) is 0.489. The van der Waals surface area contributed by atoms with Gasteiger partial charge in [0.1, 0.15) is 6.61 Å². The third-order valence-corrected chi connectivity index (χ3v) is 3.38. The van der Waals surface area contributed by atoms with Crippen LogP contribution in [0.15, 0.2) is 24.3 Å². The highest BCUT2D eigenvalue weighted by atomic mass is 35.7. The SMILES string of the molecule is CCCOc1ccccc1OCCOCCS(=O)(=O)Cl. The molecule has 0 aromatic heterocycles. The van der Waals surface area contributed by atoms with E-state index in [4.69, 9.17) is 24.9 Å². The Bertz CT molecular complexity index is 489. The third kappa shape index (κ3) is 7.57. The molecule has 0 saturated heterocycles. The van der Waals surface area contributed by atoms with E-state index in [1.54, 1.807) is 0 Å². The molecule has 1 rings (SSSR count). The summed E-state index contributed by atoms with van der Waals surface area (Å²) in [7, 11) is 1.56. The second-order valence-electron chi connectivity index (χ2n) is 4.00. The molecule has 0 spiro atoms. The van der Waals surface area contributed by atoms with Crippen molar-refractivity contribution in [3.63, 3.8) is 0 Å². The highest BCUT2D eigenvalue weighted by Gasteiger charge is 2.05. The Kier molecular flexibility index (Phi) is 7.72. The summed E-state index contributed by atoms with van der Waals surface area (Å²) in [5.74, 6) is 1.14. The first-order valence-corrected chi connectivity index (χ1v) is 8.85. The van der Waals surface area contributed by atoms with Crippen molar-refractivity contribution >= 4 is 19.7 Å². The van der Waals surface area contributed by atoms with Gasteiger partial charge in [0.25, 0.3) is 0 Å². The topological polar surface area (TPSA) is 61.8 Å². The lowest BCUT2D eigenvalue weighted by molar-refractivity contribution is 0.109. The molecular weight excluding hydrogens is 304 g/mol. The van der Waals surface area contributed by atoms with Gasteiger partial charge in [-0.1, -0.05) is 19.1 Å². The second kappa shape index (κ2) is 9.05. The Hall–Kier alpha value is -0.980. The van der Waals surface area contributed by atoms with E-state index < -0.39 is 9.05 Å². The van der Waals surface area contributed by atoms with Crippen LogP contribution in [0.3, 0.4) is 0 Å². The van der Waals surface area contributed by atoms with E-state index in [9.17, 15) is 8.42 Å². The van der Waals surface area contributed by atoms with E-state index in [0.717, 1.165) is 6.42 Å². The Balaban J connectivity index is 2.28. The molecule has 1 aromatic carbocycles. The van der Waals surface area contributed by atoms with Crippen molar-refractivity contribution in [2.75, 3.05) is 32.2 Å². The molecule has 0 unspecified atom stereocenters. The molecule has 0 aliphatic rings. The summed E-state index contributed by atoms with van der Waals surface area (Å²) in [5.41, 5.74) is 0. The molecule has 0 bridgehead atoms. The summed E-state index contributed by atoms with van der Waals surface area (Å²) in [6.45, 7) is 3.32. The van der Waals surface area contributed by atoms with Crippen LogP contribution < -0.4 is 9.47 Å². The van der Waals surface area contributed by atoms with E-state index in [1.807, 2.05) is 31.2 Å². The molecule has 114 valence electrons. The van der Waals surface area contributed by atoms with Crippen LogP contribution in [0.1, 0.15) is 13.3 Å². The molecule has 0 atom stereocenters. The molecule has 1 aromatic rings. The first kappa shape index (κ1) is 17.1. The predicted molar refractivity (Wildman–Crippen MR) is 78.2 cm³/mol. The lowest BCUT2D eigenvalue weighted by Crippen LogP contribution is -2.12. The second-order valence-corrected chi connectivity index (χ2v) is 6.90. The number of halogens is 1. The van der Waals surface area contributed by atoms with E-state index in [0.29, 0.717) is 24.7 Å². The number of para-hydroxylation sites is 2. The van der Waals surface area contributed by atoms with Gasteiger partial charge in [0, 0.05) is 10.7 Å². The zero-order chi connectivity index (χ0) is 14.8. The fraction of sp³-hybridized carbons (Fsp3) is 0.538. The molecule has 0 N–H and O–H groups in total. The van der Waals surface area contributed by atoms with Crippen LogP contribution in [0.25, 0.3) is 0 Å². The number of hydrogen-bond donors (Lipinski definition) is 0. The first-order chi connectivity index (χ1) is 9.53. The van der Waals surface area contributed by atoms with Crippen molar-refractivity contribution in [3.8, 4) is 11.5 Å². The van der Waals surface area contributed by atoms with Crippen molar-refractivity contribution in [2.45, 2.75) is 13.3 Å². The van der Waals surface area contributed by atoms with Gasteiger partial charge in [0.05, 0.1) is 25.6 Å². The summed E-state index contributed by atoms with van der Waals surface area (Å²) >= 11 is 0. The normalized spacial score (nSPS) is 11.3. The Morgan fingerprint density at radius 3 is 2.15 bits per heavy atom. The highest BCUT2D eigenvalue weighted by Crippen LogP contribution is 2.26. The standard InChI is InChI=1S/C13H19ClO5S/c1-2-7-18-12-5-3-4-6-13(12)19-9-8-17-10-11-20(14,15)16/h3-6H,2,7-11H2,1H3. The minimum absolute atomic E-state index is 0.0587. The van der Waals surface area contributed by atoms with Gasteiger partial charge in [0.2, 0.25) is 9.05 Å². The number of ether oxygens (including phenoxy) is 3. The monoisotopic (exact) mass is 322 g/mol. The van der Waals surface area contributed by atoms with Gasteiger partial charge in [-0.2, -0.15) is 0 Å². The zero-order valence-corrected chi connectivity index (χ0v) is 13.0. The maximum absolute atomic E-state index is 10.7. The molecule has 0 amide bonds. The minimum atomic E-state index is -3.49. The van der Waals surface area contributed by atoms with E-state index in [2.05, 4.69) is 0 Å². The van der Waals surface area contributed by atoms with Crippen molar-refractivity contribution in [2.24, 2.45) is 0 Å². The molecule has 0 heterocycles. The van der Waals surface area contributed by atoms with Crippen LogP contribution >= 0.6 is 10.7 Å². The van der Waals surface area contributed by atoms with E-state index in [-0.39, 0.29) is 19.0 Å². The summed E-state index contributed by atoms with van der Waals surface area (Å²) in [4.78, 5) is 0. The van der Waals surface area contributed by atoms with Crippen LogP contribution in [-0.2, 0) is 13.8 Å². The van der Waals surface area contributed by atoms with Gasteiger partial charge in [0.15, 0.2) is 11.5 Å². The number of hydrogen-bond acceptors (Lipinski definition) is 5. The fourth-order valence-corrected chi connectivity index (χ4v) is 1.88. The maximum Gasteiger partial charge on any atom is 0.234 e. The van der Waals surface area contributed by atoms with Crippen molar-refractivity contribution in [1.82, 2.24) is 0 Å². The summed E-state index contributed by atoms with van der Waals surface area (Å²) in [6, 6.07) is 7.38. The van der Waals surface area contributed by atoms with Crippen molar-refractivity contribution in [1.29, 1.82) is 0 Å². The maximum atomic E-state index is 10.7. The largest absolute Gasteiger partial charge is 0.490 e. The van der Waals surface area contributed by atoms with Gasteiger partial charge in [-0.15, -0.1) is 0 Å². The minimum Gasteiger partial charge on any atom is -0.490 e. The smallest absolute Gasteiger partial charge is 0.234 e. The van der Waals surface area contributed by atoms with Crippen LogP contribution in [0.4, 0.5) is 0 Å². The van der Waals surface area contributed by atoms with Gasteiger partial charge in [-0.05, 0) is 18.6 Å². The Labute approximate surface area is 124 Å². The van der Waals surface area contributed by atoms with Gasteiger partial charge >= 0.3 is 0 Å². The predicted octanol–water partition coefficient (Wildman–Crippen LogP) is 2.44. The molecule has 7 heteroatoms. The van der Waals surface area contributed by atoms with Crippen LogP contribution in [-0.4, -0.2) is 40.6 Å². The lowest BCUT2D eigenvalue weighted by Gasteiger charge is -2.12. The molecule has 5 nitrogen and oxygen atoms in total. The molecule has 0 saturated carbocycles. The number of benzene rings is 1. The molecule has 0 aliphatic carbocycles. The van der Waals surface area contributed by atoms with Gasteiger partial charge in [-0.3, -0.25) is 0 Å². The molecule has 20 heavy (non-hydrogen) atoms. The molecule has 0 aliphatic heterocycles. The van der Waals surface area contributed by atoms with Crippen LogP contribution in [0, 0.1) is 0 Å².